The van der Waals surface area contributed by atoms with Crippen molar-refractivity contribution < 1.29 is 50.0 Å². The fraction of sp³-hybridized carbons (Fsp3) is 0.403. The number of rotatable bonds is 13. The van der Waals surface area contributed by atoms with E-state index in [1.54, 1.807) is 82.8 Å². The van der Waals surface area contributed by atoms with E-state index in [1.165, 1.54) is 93.0 Å². The van der Waals surface area contributed by atoms with Gasteiger partial charge in [0, 0.05) is 90.3 Å². The van der Waals surface area contributed by atoms with Gasteiger partial charge >= 0.3 is 0 Å². The van der Waals surface area contributed by atoms with E-state index in [0.29, 0.717) is 11.3 Å². The maximum Gasteiger partial charge on any atom is 0.296 e. The molecule has 81 heavy (non-hydrogen) atoms. The number of hydrogen-bond donors (Lipinski definition) is 1. The summed E-state index contributed by atoms with van der Waals surface area (Å²) in [5.41, 5.74) is 1.99. The normalized spacial score (nSPS) is 9.19. The van der Waals surface area contributed by atoms with Crippen LogP contribution in [0.4, 0.5) is 4.39 Å². The van der Waals surface area contributed by atoms with Gasteiger partial charge in [-0.3, -0.25) is 32.9 Å². The van der Waals surface area contributed by atoms with E-state index in [4.69, 9.17) is 14.9 Å². The number of nitrogens with zero attached hydrogens (tertiary/aromatic N) is 1. The average molecular weight is 1230 g/mol. The fourth-order valence-electron chi connectivity index (χ4n) is 4.52. The van der Waals surface area contributed by atoms with Crippen LogP contribution in [0.1, 0.15) is 126 Å². The smallest absolute Gasteiger partial charge is 0.296 e. The molecule has 5 aromatic carbocycles. The lowest BCUT2D eigenvalue weighted by atomic mass is 10.1. The molecule has 0 amide bonds. The zero-order chi connectivity index (χ0) is 63.7. The van der Waals surface area contributed by atoms with Crippen molar-refractivity contribution in [2.24, 2.45) is 0 Å². The number of carbonyl (C=O) groups is 3. The zero-order valence-corrected chi connectivity index (χ0v) is 55.4. The molecule has 6 aromatic rings. The highest BCUT2D eigenvalue weighted by molar-refractivity contribution is 7.98. The van der Waals surface area contributed by atoms with Crippen LogP contribution in [-0.4, -0.2) is 113 Å². The van der Waals surface area contributed by atoms with Crippen molar-refractivity contribution in [1.29, 1.82) is 0 Å². The summed E-state index contributed by atoms with van der Waals surface area (Å²) < 4.78 is 58.2. The molecule has 13 nitrogen and oxygen atoms in total. The van der Waals surface area contributed by atoms with Gasteiger partial charge in [-0.2, -0.15) is 20.2 Å². The van der Waals surface area contributed by atoms with E-state index < -0.39 is 25.8 Å². The van der Waals surface area contributed by atoms with Crippen LogP contribution in [0, 0.1) is 15.9 Å². The Morgan fingerprint density at radius 3 is 1.25 bits per heavy atom. The first-order chi connectivity index (χ1) is 38.6. The molecule has 1 N–H and O–H groups in total. The van der Waals surface area contributed by atoms with Crippen molar-refractivity contribution >= 4 is 73.4 Å². The Balaban J connectivity index is -0.000000150. The lowest BCUT2D eigenvalue weighted by Gasteiger charge is -1.98. The Bertz CT molecular complexity index is 2320. The maximum absolute atomic E-state index is 12.2. The van der Waals surface area contributed by atoms with E-state index >= 15 is 0 Å². The van der Waals surface area contributed by atoms with Gasteiger partial charge in [0.2, 0.25) is 0 Å². The second-order valence-electron chi connectivity index (χ2n) is 15.0. The predicted molar refractivity (Wildman–Crippen MR) is 346 cm³/mol. The second kappa shape index (κ2) is 69.0. The first kappa shape index (κ1) is 89.5. The number of thioether (sulfide) groups is 2. The van der Waals surface area contributed by atoms with E-state index in [-0.39, 0.29) is 28.1 Å². The third-order valence-electron chi connectivity index (χ3n) is 8.24. The van der Waals surface area contributed by atoms with Gasteiger partial charge in [-0.1, -0.05) is 146 Å². The number of nitrogens with one attached hydrogen (secondary N) is 1. The molecule has 1 aromatic heterocycles. The Morgan fingerprint density at radius 2 is 1.04 bits per heavy atom. The Morgan fingerprint density at radius 1 is 0.642 bits per heavy atom. The highest BCUT2D eigenvalue weighted by Crippen LogP contribution is 2.12. The van der Waals surface area contributed by atoms with Crippen LogP contribution in [-0.2, 0) is 34.6 Å². The third-order valence-corrected chi connectivity index (χ3v) is 12.0. The average Bonchev–Trinajstić information content (AvgIpc) is 4.04. The number of methoxy groups -OCH3 is 2. The Labute approximate surface area is 504 Å². The number of benzene rings is 5. The van der Waals surface area contributed by atoms with Crippen molar-refractivity contribution in [3.8, 4) is 0 Å². The lowest BCUT2D eigenvalue weighted by molar-refractivity contribution is -0.445. The molecule has 6 rings (SSSR count). The van der Waals surface area contributed by atoms with Crippen molar-refractivity contribution in [2.45, 2.75) is 109 Å². The van der Waals surface area contributed by atoms with E-state index in [9.17, 15) is 31.4 Å². The van der Waals surface area contributed by atoms with Gasteiger partial charge < -0.3 is 14.5 Å². The van der Waals surface area contributed by atoms with Crippen LogP contribution in [0.3, 0.4) is 0 Å². The largest absolute Gasteiger partial charge is 0.388 e. The van der Waals surface area contributed by atoms with Crippen LogP contribution < -0.4 is 0 Å². The summed E-state index contributed by atoms with van der Waals surface area (Å²) >= 11 is 8.31. The molecule has 0 saturated heterocycles. The maximum atomic E-state index is 12.2. The summed E-state index contributed by atoms with van der Waals surface area (Å²) in [6.07, 6.45) is 15.6. The highest BCUT2D eigenvalue weighted by Gasteiger charge is 2.10. The number of alkyl halides is 1. The molecular weight excluding hydrogens is 1130 g/mol. The fourth-order valence-corrected chi connectivity index (χ4v) is 6.58. The number of ether oxygens (including phenoxy) is 2. The molecule has 1 heterocycles. The number of H-pyrrole nitrogens is 1. The third kappa shape index (κ3) is 67.1. The Kier molecular flexibility index (Phi) is 76.2. The standard InChI is InChI=1S/C8H7FO.C8H8O.C7H8O3S.C7H8OS.C7H8S.C6H7NO.C5H12.C4H10O.C4H10S.C2H6O.C2H6.CH3Cl.CH3NO2/c1-6(10)7-2-4-8(9)5-3-7;1-7(9)8-5-3-2-4-6-8;1-10-11(8,9)7-5-3-2-4-6-7;1-9(8)7-5-3-2-4-6-7;1-8-7-5-3-2-4-6-7;1-5(8)6-3-2-4-7-6;1-3-5-4-2;2*1-3-4-5-2;1-3-2;2*1-2;1-2(3)4/h2-5H,1H3;2-6H,1H3;2-6H,1H3;2-6H,1H3;2-6H,1H3;2-4,7H,1H3;3-5H2,1-2H3;2*3-4H2,1-2H3;1-2H3;1-2H3;1H3;1H3/t;;;9-;;;;;;;;;/m...0........./s1. The van der Waals surface area contributed by atoms with Crippen molar-refractivity contribution in [2.75, 3.05) is 73.0 Å². The molecule has 0 aliphatic rings. The number of ketones is 3. The number of halogens is 2. The topological polar surface area (TPSA) is 189 Å². The monoisotopic (exact) mass is 1230 g/mol. The van der Waals surface area contributed by atoms with Crippen molar-refractivity contribution in [1.82, 2.24) is 4.98 Å². The second-order valence-corrected chi connectivity index (χ2v) is 20.0. The van der Waals surface area contributed by atoms with Gasteiger partial charge in [0.05, 0.1) is 17.7 Å². The summed E-state index contributed by atoms with van der Waals surface area (Å²) in [5, 5.41) is 8.81. The minimum Gasteiger partial charge on any atom is -0.388 e. The molecule has 0 aliphatic carbocycles. The van der Waals surface area contributed by atoms with Crippen LogP contribution in [0.25, 0.3) is 0 Å². The van der Waals surface area contributed by atoms with Gasteiger partial charge in [-0.15, -0.1) is 23.4 Å². The molecule has 0 spiro atoms. The zero-order valence-electron chi connectivity index (χ0n) is 51.4. The van der Waals surface area contributed by atoms with Crippen LogP contribution in [0.5, 0.6) is 0 Å². The lowest BCUT2D eigenvalue weighted by Crippen LogP contribution is -2.01. The molecule has 0 fully saturated rings. The van der Waals surface area contributed by atoms with Crippen LogP contribution >= 0.6 is 35.1 Å². The summed E-state index contributed by atoms with van der Waals surface area (Å²) in [7, 11) is 2.66. The number of Topliss-reactive ketones (excluding diaryl/α,β-unsaturated/α-hetero) is 3. The number of nitro groups is 1. The summed E-state index contributed by atoms with van der Waals surface area (Å²) in [4.78, 5) is 45.2. The van der Waals surface area contributed by atoms with Gasteiger partial charge in [0.25, 0.3) is 10.1 Å². The first-order valence-electron chi connectivity index (χ1n) is 25.7. The van der Waals surface area contributed by atoms with E-state index in [0.717, 1.165) is 37.6 Å². The van der Waals surface area contributed by atoms with Gasteiger partial charge in [-0.25, -0.2) is 4.39 Å². The van der Waals surface area contributed by atoms with Crippen LogP contribution in [0.2, 0.25) is 0 Å². The molecular formula is C62H96ClFN2O11S4. The number of unbranched alkanes of at least 4 members (excludes halogenated alkanes) is 2. The van der Waals surface area contributed by atoms with Gasteiger partial charge in [-0.05, 0) is 118 Å². The van der Waals surface area contributed by atoms with E-state index in [1.807, 2.05) is 104 Å². The minimum atomic E-state index is -3.50. The number of carbonyl (C=O) groups excluding carboxylic acids is 3. The molecule has 458 valence electrons. The Hall–Kier alpha value is -5.31. The predicted octanol–water partition coefficient (Wildman–Crippen LogP) is 17.0. The molecule has 0 saturated carbocycles. The summed E-state index contributed by atoms with van der Waals surface area (Å²) in [5.74, 6) is 1.15. The minimum absolute atomic E-state index is 0.0417. The molecule has 19 heteroatoms. The summed E-state index contributed by atoms with van der Waals surface area (Å²) in [6.45, 7) is 18.1. The SMILES string of the molecule is CC.CC(=O)c1ccc(F)cc1.CC(=O)c1ccc[nH]1.CC(=O)c1ccccc1.CCCCC.CCCOC.CCCSC.CCl.COC.COS(=O)(=O)c1ccccc1.CSc1ccccc1.C[N+](=O)[O-].C[S@](=O)c1ccccc1. The van der Waals surface area contributed by atoms with Crippen molar-refractivity contribution in [3.63, 3.8) is 0 Å². The van der Waals surface area contributed by atoms with Crippen molar-refractivity contribution in [3.05, 3.63) is 197 Å². The number of hydrogen-bond acceptors (Lipinski definition) is 13. The quantitative estimate of drug-likeness (QED) is 0.0287. The highest BCUT2D eigenvalue weighted by atomic mass is 35.5. The molecule has 0 aliphatic heterocycles. The van der Waals surface area contributed by atoms with Gasteiger partial charge in [0.1, 0.15) is 5.82 Å². The summed E-state index contributed by atoms with van der Waals surface area (Å²) in [6, 6.07) is 46.0. The number of aromatic amines is 1. The van der Waals surface area contributed by atoms with Crippen LogP contribution in [0.15, 0.2) is 179 Å². The van der Waals surface area contributed by atoms with Gasteiger partial charge in [0.15, 0.2) is 24.4 Å². The molecule has 0 bridgehead atoms. The molecule has 0 unspecified atom stereocenters. The van der Waals surface area contributed by atoms with E-state index in [2.05, 4.69) is 77.8 Å². The number of aromatic nitrogens is 1. The molecule has 1 atom stereocenters. The first-order valence-corrected chi connectivity index (χ1v) is 32.1. The molecule has 0 radical (unpaired) electrons.